The van der Waals surface area contributed by atoms with Gasteiger partial charge in [0.2, 0.25) is 15.9 Å². The van der Waals surface area contributed by atoms with Crippen LogP contribution in [-0.4, -0.2) is 37.5 Å². The number of ketones is 1. The van der Waals surface area contributed by atoms with Crippen LogP contribution < -0.4 is 5.32 Å². The number of carbonyl (C=O) groups excluding carboxylic acids is 2. The third-order valence-corrected chi connectivity index (χ3v) is 8.28. The highest BCUT2D eigenvalue weighted by molar-refractivity contribution is 7.89. The predicted octanol–water partition coefficient (Wildman–Crippen LogP) is 3.63. The average molecular weight is 455 g/mol. The number of nitrogens with one attached hydrogen (secondary N) is 1. The molecule has 0 atom stereocenters. The minimum absolute atomic E-state index is 0.00926. The minimum Gasteiger partial charge on any atom is -0.352 e. The fourth-order valence-electron chi connectivity index (χ4n) is 4.42. The zero-order valence-electron chi connectivity index (χ0n) is 18.3. The molecule has 1 fully saturated rings. The fourth-order valence-corrected chi connectivity index (χ4v) is 5.94. The monoisotopic (exact) mass is 454 g/mol. The fraction of sp³-hybridized carbons (Fsp3) is 0.440. The molecule has 32 heavy (non-hydrogen) atoms. The van der Waals surface area contributed by atoms with Crippen molar-refractivity contribution in [3.8, 4) is 0 Å². The first-order valence-electron chi connectivity index (χ1n) is 11.4. The number of rotatable bonds is 8. The van der Waals surface area contributed by atoms with Crippen molar-refractivity contribution >= 4 is 21.7 Å². The van der Waals surface area contributed by atoms with E-state index in [-0.39, 0.29) is 29.4 Å². The third-order valence-electron chi connectivity index (χ3n) is 6.37. The summed E-state index contributed by atoms with van der Waals surface area (Å²) in [7, 11) is -3.43. The van der Waals surface area contributed by atoms with Gasteiger partial charge in [-0.15, -0.1) is 0 Å². The van der Waals surface area contributed by atoms with Crippen molar-refractivity contribution < 1.29 is 18.0 Å². The number of benzene rings is 2. The summed E-state index contributed by atoms with van der Waals surface area (Å²) in [6.07, 6.45) is 6.59. The molecule has 1 amide bonds. The maximum atomic E-state index is 12.6. The molecule has 4 rings (SSSR count). The number of Topliss-reactive ketones (excluding diaryl/α,β-unsaturated/α-hetero) is 1. The van der Waals surface area contributed by atoms with E-state index in [1.807, 2.05) is 12.1 Å². The Kier molecular flexibility index (Phi) is 7.06. The summed E-state index contributed by atoms with van der Waals surface area (Å²) < 4.78 is 26.7. The van der Waals surface area contributed by atoms with E-state index in [0.29, 0.717) is 25.2 Å². The van der Waals surface area contributed by atoms with Gasteiger partial charge in [0.1, 0.15) is 0 Å². The largest absolute Gasteiger partial charge is 0.352 e. The van der Waals surface area contributed by atoms with Crippen LogP contribution in [0.2, 0.25) is 0 Å². The van der Waals surface area contributed by atoms with E-state index in [2.05, 4.69) is 11.4 Å². The first-order chi connectivity index (χ1) is 15.4. The van der Waals surface area contributed by atoms with Crippen LogP contribution in [0.25, 0.3) is 0 Å². The normalized spacial score (nSPS) is 16.5. The van der Waals surface area contributed by atoms with Gasteiger partial charge >= 0.3 is 0 Å². The molecule has 0 saturated carbocycles. The number of carbonyl (C=O) groups is 2. The standard InChI is InChI=1S/C25H30N2O4S/c28-24(22-10-9-20-5-1-2-6-21(20)17-22)13-14-25(29)26-18-19-7-11-23(12-8-19)32(30,31)27-15-3-4-16-27/h7-12,17H,1-6,13-16,18H2,(H,26,29). The van der Waals surface area contributed by atoms with E-state index < -0.39 is 10.0 Å². The van der Waals surface area contributed by atoms with Crippen LogP contribution >= 0.6 is 0 Å². The molecule has 1 saturated heterocycles. The Bertz CT molecular complexity index is 1090. The van der Waals surface area contributed by atoms with E-state index in [0.717, 1.165) is 37.7 Å². The van der Waals surface area contributed by atoms with Gasteiger partial charge in [0, 0.05) is 38.0 Å². The van der Waals surface area contributed by atoms with E-state index >= 15 is 0 Å². The molecule has 2 aliphatic rings. The Balaban J connectivity index is 1.25. The van der Waals surface area contributed by atoms with Crippen LogP contribution in [0.3, 0.4) is 0 Å². The Morgan fingerprint density at radius 3 is 2.25 bits per heavy atom. The summed E-state index contributed by atoms with van der Waals surface area (Å²) in [5, 5.41) is 2.82. The first kappa shape index (κ1) is 22.7. The van der Waals surface area contributed by atoms with Gasteiger partial charge in [-0.25, -0.2) is 8.42 Å². The van der Waals surface area contributed by atoms with Crippen molar-refractivity contribution in [2.45, 2.75) is 62.8 Å². The van der Waals surface area contributed by atoms with E-state index in [1.54, 1.807) is 24.3 Å². The molecule has 0 spiro atoms. The van der Waals surface area contributed by atoms with Crippen molar-refractivity contribution in [1.82, 2.24) is 9.62 Å². The molecule has 6 nitrogen and oxygen atoms in total. The number of amides is 1. The summed E-state index contributed by atoms with van der Waals surface area (Å²) in [6.45, 7) is 1.45. The topological polar surface area (TPSA) is 83.5 Å². The van der Waals surface area contributed by atoms with Gasteiger partial charge < -0.3 is 5.32 Å². The highest BCUT2D eigenvalue weighted by atomic mass is 32.2. The van der Waals surface area contributed by atoms with Crippen molar-refractivity contribution in [3.63, 3.8) is 0 Å². The molecular weight excluding hydrogens is 424 g/mol. The van der Waals surface area contributed by atoms with Gasteiger partial charge in [-0.05, 0) is 73.4 Å². The molecule has 2 aromatic rings. The SMILES string of the molecule is O=C(CCC(=O)c1ccc2c(c1)CCCC2)NCc1ccc(S(=O)(=O)N2CCCC2)cc1. The Morgan fingerprint density at radius 1 is 0.844 bits per heavy atom. The second-order valence-electron chi connectivity index (χ2n) is 8.65. The van der Waals surface area contributed by atoms with Gasteiger partial charge in [0.15, 0.2) is 5.78 Å². The molecule has 0 aromatic heterocycles. The maximum absolute atomic E-state index is 12.6. The Labute approximate surface area is 190 Å². The van der Waals surface area contributed by atoms with Crippen molar-refractivity contribution in [1.29, 1.82) is 0 Å². The van der Waals surface area contributed by atoms with Crippen LogP contribution in [0.5, 0.6) is 0 Å². The molecule has 7 heteroatoms. The lowest BCUT2D eigenvalue weighted by Gasteiger charge is -2.16. The lowest BCUT2D eigenvalue weighted by atomic mass is 9.89. The molecule has 0 unspecified atom stereocenters. The molecular formula is C25H30N2O4S. The second kappa shape index (κ2) is 9.96. The van der Waals surface area contributed by atoms with E-state index in [9.17, 15) is 18.0 Å². The van der Waals surface area contributed by atoms with E-state index in [1.165, 1.54) is 21.9 Å². The smallest absolute Gasteiger partial charge is 0.243 e. The van der Waals surface area contributed by atoms with Crippen LogP contribution in [0.15, 0.2) is 47.4 Å². The number of hydrogen-bond donors (Lipinski definition) is 1. The molecule has 1 aliphatic carbocycles. The molecule has 2 aromatic carbocycles. The summed E-state index contributed by atoms with van der Waals surface area (Å²) in [6, 6.07) is 12.6. The van der Waals surface area contributed by atoms with Gasteiger partial charge in [-0.2, -0.15) is 4.31 Å². The Morgan fingerprint density at radius 2 is 1.53 bits per heavy atom. The molecule has 170 valence electrons. The Hall–Kier alpha value is -2.51. The van der Waals surface area contributed by atoms with Crippen molar-refractivity contribution in [3.05, 3.63) is 64.7 Å². The first-order valence-corrected chi connectivity index (χ1v) is 12.9. The highest BCUT2D eigenvalue weighted by Crippen LogP contribution is 2.23. The van der Waals surface area contributed by atoms with Crippen LogP contribution in [0, 0.1) is 0 Å². The molecule has 1 heterocycles. The number of nitrogens with zero attached hydrogens (tertiary/aromatic N) is 1. The minimum atomic E-state index is -3.43. The number of hydrogen-bond acceptors (Lipinski definition) is 4. The predicted molar refractivity (Wildman–Crippen MR) is 123 cm³/mol. The number of sulfonamides is 1. The lowest BCUT2D eigenvalue weighted by molar-refractivity contribution is -0.121. The molecule has 0 bridgehead atoms. The van der Waals surface area contributed by atoms with Crippen LogP contribution in [0.4, 0.5) is 0 Å². The van der Waals surface area contributed by atoms with Crippen LogP contribution in [0.1, 0.15) is 65.6 Å². The van der Waals surface area contributed by atoms with E-state index in [4.69, 9.17) is 0 Å². The highest BCUT2D eigenvalue weighted by Gasteiger charge is 2.26. The van der Waals surface area contributed by atoms with Gasteiger partial charge in [0.05, 0.1) is 4.90 Å². The quantitative estimate of drug-likeness (QED) is 0.618. The number of aryl methyl sites for hydroxylation is 2. The molecule has 1 aliphatic heterocycles. The molecule has 1 N–H and O–H groups in total. The lowest BCUT2D eigenvalue weighted by Crippen LogP contribution is -2.28. The van der Waals surface area contributed by atoms with Crippen molar-refractivity contribution in [2.75, 3.05) is 13.1 Å². The van der Waals surface area contributed by atoms with Crippen LogP contribution in [-0.2, 0) is 34.2 Å². The zero-order chi connectivity index (χ0) is 22.6. The van der Waals surface area contributed by atoms with Gasteiger partial charge in [0.25, 0.3) is 0 Å². The van der Waals surface area contributed by atoms with Gasteiger partial charge in [-0.3, -0.25) is 9.59 Å². The summed E-state index contributed by atoms with van der Waals surface area (Å²) in [5.41, 5.74) is 4.11. The number of fused-ring (bicyclic) bond motifs is 1. The average Bonchev–Trinajstić information content (AvgIpc) is 3.37. The summed E-state index contributed by atoms with van der Waals surface area (Å²) in [5.74, 6) is -0.199. The van der Waals surface area contributed by atoms with Gasteiger partial charge in [-0.1, -0.05) is 24.3 Å². The van der Waals surface area contributed by atoms with Crippen molar-refractivity contribution in [2.24, 2.45) is 0 Å². The summed E-state index contributed by atoms with van der Waals surface area (Å²) >= 11 is 0. The zero-order valence-corrected chi connectivity index (χ0v) is 19.1. The second-order valence-corrected chi connectivity index (χ2v) is 10.6. The third kappa shape index (κ3) is 5.27. The summed E-state index contributed by atoms with van der Waals surface area (Å²) in [4.78, 5) is 25.0. The molecule has 0 radical (unpaired) electrons. The maximum Gasteiger partial charge on any atom is 0.243 e.